The zero-order valence-electron chi connectivity index (χ0n) is 14.7. The lowest BCUT2D eigenvalue weighted by atomic mass is 9.46. The van der Waals surface area contributed by atoms with Gasteiger partial charge in [-0.05, 0) is 62.9 Å². The molecule has 2 heteroatoms. The Kier molecular flexibility index (Phi) is 3.32. The molecule has 0 bridgehead atoms. The molecule has 3 rings (SSSR count). The highest BCUT2D eigenvalue weighted by Gasteiger charge is 2.61. The molecule has 2 aliphatic carbocycles. The third kappa shape index (κ3) is 1.99. The van der Waals surface area contributed by atoms with Gasteiger partial charge in [0.25, 0.3) is 0 Å². The molecule has 0 aromatic rings. The summed E-state index contributed by atoms with van der Waals surface area (Å²) in [5.74, 6) is 1.16. The van der Waals surface area contributed by atoms with Crippen LogP contribution < -0.4 is 0 Å². The average Bonchev–Trinajstić information content (AvgIpc) is 2.42. The third-order valence-corrected chi connectivity index (χ3v) is 7.10. The maximum Gasteiger partial charge on any atom is 0.161 e. The van der Waals surface area contributed by atoms with Gasteiger partial charge in [-0.2, -0.15) is 0 Å². The monoisotopic (exact) mass is 302 g/mol. The summed E-state index contributed by atoms with van der Waals surface area (Å²) >= 11 is 0. The van der Waals surface area contributed by atoms with Crippen molar-refractivity contribution in [2.45, 2.75) is 71.5 Å². The topological polar surface area (TPSA) is 26.3 Å². The third-order valence-electron chi connectivity index (χ3n) is 7.10. The fraction of sp³-hybridized carbons (Fsp3) is 0.750. The van der Waals surface area contributed by atoms with Gasteiger partial charge in [-0.3, -0.25) is 4.79 Å². The predicted octanol–water partition coefficient (Wildman–Crippen LogP) is 4.70. The van der Waals surface area contributed by atoms with Crippen LogP contribution >= 0.6 is 0 Å². The SMILES string of the molecule is C=C[C@@]1(C)CC[C@H]2[C@]3(C)C=CC(=O)C(C)(C)[C@H]3CC[C@]2(C)O1. The normalized spacial score (nSPS) is 50.1. The molecule has 122 valence electrons. The minimum atomic E-state index is -0.260. The Morgan fingerprint density at radius 2 is 1.77 bits per heavy atom. The van der Waals surface area contributed by atoms with E-state index < -0.39 is 0 Å². The van der Waals surface area contributed by atoms with Crippen LogP contribution in [-0.2, 0) is 9.53 Å². The van der Waals surface area contributed by atoms with Crippen LogP contribution in [0.5, 0.6) is 0 Å². The highest BCUT2D eigenvalue weighted by molar-refractivity contribution is 5.95. The number of carbonyl (C=O) groups is 1. The van der Waals surface area contributed by atoms with Crippen LogP contribution in [0.4, 0.5) is 0 Å². The van der Waals surface area contributed by atoms with Gasteiger partial charge in [0.15, 0.2) is 5.78 Å². The van der Waals surface area contributed by atoms with E-state index in [0.717, 1.165) is 25.7 Å². The molecule has 0 unspecified atom stereocenters. The summed E-state index contributed by atoms with van der Waals surface area (Å²) in [5.41, 5.74) is -0.539. The second-order valence-electron chi connectivity index (χ2n) is 8.90. The van der Waals surface area contributed by atoms with Gasteiger partial charge < -0.3 is 4.74 Å². The molecule has 3 aliphatic rings. The van der Waals surface area contributed by atoms with Crippen molar-refractivity contribution < 1.29 is 9.53 Å². The lowest BCUT2D eigenvalue weighted by Gasteiger charge is -2.63. The van der Waals surface area contributed by atoms with Crippen molar-refractivity contribution in [3.8, 4) is 0 Å². The lowest BCUT2D eigenvalue weighted by molar-refractivity contribution is -0.235. The number of carbonyl (C=O) groups excluding carboxylic acids is 1. The molecule has 1 aliphatic heterocycles. The summed E-state index contributed by atoms with van der Waals surface area (Å²) < 4.78 is 6.59. The van der Waals surface area contributed by atoms with Crippen LogP contribution in [0.3, 0.4) is 0 Å². The first-order valence-corrected chi connectivity index (χ1v) is 8.65. The van der Waals surface area contributed by atoms with E-state index in [1.807, 2.05) is 12.2 Å². The molecule has 5 atom stereocenters. The van der Waals surface area contributed by atoms with E-state index in [2.05, 4.69) is 47.3 Å². The van der Waals surface area contributed by atoms with E-state index in [1.54, 1.807) is 0 Å². The Labute approximate surface area is 135 Å². The number of rotatable bonds is 1. The number of hydrogen-bond donors (Lipinski definition) is 0. The Balaban J connectivity index is 2.02. The van der Waals surface area contributed by atoms with Gasteiger partial charge in [0, 0.05) is 5.41 Å². The molecule has 0 radical (unpaired) electrons. The fourth-order valence-electron chi connectivity index (χ4n) is 5.73. The molecule has 0 aromatic heterocycles. The fourth-order valence-corrected chi connectivity index (χ4v) is 5.73. The summed E-state index contributed by atoms with van der Waals surface area (Å²) in [6, 6.07) is 0. The molecule has 2 nitrogen and oxygen atoms in total. The summed E-state index contributed by atoms with van der Waals surface area (Å²) in [7, 11) is 0. The van der Waals surface area contributed by atoms with Crippen molar-refractivity contribution in [2.75, 3.05) is 0 Å². The van der Waals surface area contributed by atoms with Gasteiger partial charge >= 0.3 is 0 Å². The van der Waals surface area contributed by atoms with Crippen LogP contribution in [0, 0.1) is 22.7 Å². The van der Waals surface area contributed by atoms with E-state index in [4.69, 9.17) is 4.74 Å². The second kappa shape index (κ2) is 4.56. The predicted molar refractivity (Wildman–Crippen MR) is 89.6 cm³/mol. The largest absolute Gasteiger partial charge is 0.365 e. The zero-order chi connectivity index (χ0) is 16.4. The number of hydrogen-bond acceptors (Lipinski definition) is 2. The van der Waals surface area contributed by atoms with Crippen molar-refractivity contribution in [1.82, 2.24) is 0 Å². The van der Waals surface area contributed by atoms with Crippen molar-refractivity contribution >= 4 is 5.78 Å². The number of ether oxygens (including phenoxy) is 1. The molecule has 1 saturated carbocycles. The maximum atomic E-state index is 12.4. The molecular weight excluding hydrogens is 272 g/mol. The molecule has 2 fully saturated rings. The first-order chi connectivity index (χ1) is 10.1. The van der Waals surface area contributed by atoms with Gasteiger partial charge in [0.2, 0.25) is 0 Å². The molecule has 0 amide bonds. The molecule has 1 saturated heterocycles. The Morgan fingerprint density at radius 1 is 1.14 bits per heavy atom. The van der Waals surface area contributed by atoms with Crippen LogP contribution in [0.15, 0.2) is 24.8 Å². The molecule has 22 heavy (non-hydrogen) atoms. The average molecular weight is 302 g/mol. The van der Waals surface area contributed by atoms with Gasteiger partial charge in [-0.25, -0.2) is 0 Å². The van der Waals surface area contributed by atoms with E-state index >= 15 is 0 Å². The van der Waals surface area contributed by atoms with Crippen LogP contribution in [0.1, 0.15) is 60.3 Å². The van der Waals surface area contributed by atoms with Crippen molar-refractivity contribution in [3.63, 3.8) is 0 Å². The van der Waals surface area contributed by atoms with Gasteiger partial charge in [0.1, 0.15) is 0 Å². The number of allylic oxidation sites excluding steroid dienone is 2. The smallest absolute Gasteiger partial charge is 0.161 e. The first-order valence-electron chi connectivity index (χ1n) is 8.65. The first kappa shape index (κ1) is 16.0. The van der Waals surface area contributed by atoms with E-state index in [-0.39, 0.29) is 27.8 Å². The Bertz CT molecular complexity index is 546. The molecule has 0 N–H and O–H groups in total. The van der Waals surface area contributed by atoms with Crippen LogP contribution in [0.25, 0.3) is 0 Å². The van der Waals surface area contributed by atoms with Gasteiger partial charge in [-0.1, -0.05) is 32.9 Å². The lowest BCUT2D eigenvalue weighted by Crippen LogP contribution is -2.62. The minimum absolute atomic E-state index is 0.0485. The number of fused-ring (bicyclic) bond motifs is 3. The van der Waals surface area contributed by atoms with Crippen LogP contribution in [0.2, 0.25) is 0 Å². The highest BCUT2D eigenvalue weighted by atomic mass is 16.5. The zero-order valence-corrected chi connectivity index (χ0v) is 14.7. The van der Waals surface area contributed by atoms with Crippen molar-refractivity contribution in [1.29, 1.82) is 0 Å². The minimum Gasteiger partial charge on any atom is -0.365 e. The Morgan fingerprint density at radius 3 is 2.41 bits per heavy atom. The summed E-state index contributed by atoms with van der Waals surface area (Å²) in [6.07, 6.45) is 10.2. The molecular formula is C20H30O2. The summed E-state index contributed by atoms with van der Waals surface area (Å²) in [6.45, 7) is 15.0. The van der Waals surface area contributed by atoms with Gasteiger partial charge in [-0.15, -0.1) is 6.58 Å². The second-order valence-corrected chi connectivity index (χ2v) is 8.90. The summed E-state index contributed by atoms with van der Waals surface area (Å²) in [4.78, 5) is 12.4. The quantitative estimate of drug-likeness (QED) is 0.656. The standard InChI is InChI=1S/C20H30O2/c1-7-18(4)11-8-15-19(5)12-10-16(21)17(2,3)14(19)9-13-20(15,6)22-18/h7,10,12,14-15H,1,8-9,11,13H2,2-6H3/t14-,15+,18+,19-,20+/m1/s1. The molecule has 0 aromatic carbocycles. The number of ketones is 1. The van der Waals surface area contributed by atoms with Crippen LogP contribution in [-0.4, -0.2) is 17.0 Å². The van der Waals surface area contributed by atoms with E-state index in [0.29, 0.717) is 11.8 Å². The van der Waals surface area contributed by atoms with Crippen molar-refractivity contribution in [2.24, 2.45) is 22.7 Å². The Hall–Kier alpha value is -0.890. The van der Waals surface area contributed by atoms with Gasteiger partial charge in [0.05, 0.1) is 11.2 Å². The van der Waals surface area contributed by atoms with E-state index in [1.165, 1.54) is 0 Å². The molecule has 1 heterocycles. The van der Waals surface area contributed by atoms with Crippen molar-refractivity contribution in [3.05, 3.63) is 24.8 Å². The molecule has 0 spiro atoms. The maximum absolute atomic E-state index is 12.4. The summed E-state index contributed by atoms with van der Waals surface area (Å²) in [5, 5.41) is 0. The highest BCUT2D eigenvalue weighted by Crippen LogP contribution is 2.63. The van der Waals surface area contributed by atoms with E-state index in [9.17, 15) is 4.79 Å².